The van der Waals surface area contributed by atoms with Gasteiger partial charge in [-0.3, -0.25) is 0 Å². The second kappa shape index (κ2) is 13.9. The Morgan fingerprint density at radius 2 is 1.38 bits per heavy atom. The Morgan fingerprint density at radius 3 is 1.79 bits per heavy atom. The van der Waals surface area contributed by atoms with Crippen LogP contribution in [0.15, 0.2) is 38.8 Å². The molecule has 0 radical (unpaired) electrons. The molecule has 0 spiro atoms. The first-order valence-corrected chi connectivity index (χ1v) is 20.4. The summed E-state index contributed by atoms with van der Waals surface area (Å²) in [7, 11) is -3.72. The van der Waals surface area contributed by atoms with E-state index in [0.29, 0.717) is 0 Å². The van der Waals surface area contributed by atoms with Crippen molar-refractivity contribution in [3.05, 3.63) is 39.5 Å². The van der Waals surface area contributed by atoms with Gasteiger partial charge in [0.15, 0.2) is 0 Å². The van der Waals surface area contributed by atoms with Crippen molar-refractivity contribution in [3.63, 3.8) is 0 Å². The van der Waals surface area contributed by atoms with Crippen molar-refractivity contribution in [2.24, 2.45) is 0 Å². The second-order valence-corrected chi connectivity index (χ2v) is 23.3. The van der Waals surface area contributed by atoms with Gasteiger partial charge in [-0.1, -0.05) is 0 Å². The molecule has 0 aliphatic carbocycles. The van der Waals surface area contributed by atoms with Crippen molar-refractivity contribution in [1.82, 2.24) is 0 Å². The number of aryl methyl sites for hydroxylation is 1. The zero-order chi connectivity index (χ0) is 21.8. The van der Waals surface area contributed by atoms with Crippen molar-refractivity contribution in [3.8, 4) is 0 Å². The standard InChI is InChI=1S/C12H15O3S.3C4H9.Sn/c1-3-4-5-10-15-16(13,14)12-8-6-11(2)7-9-12;3*1-3-4-2;/h4,6-9H,3,10H2,1-2H3;3*1,3-4H2,2H3;. The van der Waals surface area contributed by atoms with Crippen LogP contribution in [0.5, 0.6) is 0 Å². The number of benzene rings is 1. The van der Waals surface area contributed by atoms with Crippen molar-refractivity contribution < 1.29 is 12.6 Å². The normalized spacial score (nSPS) is 13.1. The summed E-state index contributed by atoms with van der Waals surface area (Å²) in [5.41, 5.74) is 1.05. The van der Waals surface area contributed by atoms with E-state index in [9.17, 15) is 8.42 Å². The minimum atomic E-state index is -3.72. The van der Waals surface area contributed by atoms with Gasteiger partial charge in [-0.15, -0.1) is 0 Å². The molecule has 5 heteroatoms. The summed E-state index contributed by atoms with van der Waals surface area (Å²) in [5, 5.41) is 0. The first-order chi connectivity index (χ1) is 13.8. The molecule has 0 heterocycles. The Kier molecular flexibility index (Phi) is 12.8. The zero-order valence-electron chi connectivity index (χ0n) is 19.3. The summed E-state index contributed by atoms with van der Waals surface area (Å²) < 4.78 is 36.6. The van der Waals surface area contributed by atoms with Gasteiger partial charge in [0.25, 0.3) is 0 Å². The molecule has 0 atom stereocenters. The summed E-state index contributed by atoms with van der Waals surface area (Å²) in [4.78, 5) is 0.260. The van der Waals surface area contributed by atoms with Crippen molar-refractivity contribution in [2.75, 3.05) is 6.61 Å². The number of hydrogen-bond acceptors (Lipinski definition) is 3. The summed E-state index contributed by atoms with van der Waals surface area (Å²) >= 11 is -2.67. The monoisotopic (exact) mass is 530 g/mol. The topological polar surface area (TPSA) is 43.4 Å². The quantitative estimate of drug-likeness (QED) is 0.175. The minimum absolute atomic E-state index is 0.260. The maximum absolute atomic E-state index is 12.8. The Morgan fingerprint density at radius 1 is 0.897 bits per heavy atom. The molecule has 0 N–H and O–H groups in total. The van der Waals surface area contributed by atoms with Gasteiger partial charge in [-0.05, 0) is 0 Å². The number of allylic oxidation sites excluding steroid dienone is 1. The third-order valence-corrected chi connectivity index (χ3v) is 23.2. The fourth-order valence-corrected chi connectivity index (χ4v) is 21.8. The molecular weight excluding hydrogens is 487 g/mol. The van der Waals surface area contributed by atoms with Crippen LogP contribution >= 0.6 is 0 Å². The van der Waals surface area contributed by atoms with Crippen LogP contribution in [0.2, 0.25) is 13.3 Å². The Hall–Kier alpha value is -0.331. The SMILES string of the molecule is CC/C=[C](/COS(=O)(=O)c1ccc(C)cc1)[Sn]([CH2]CCC)([CH2]CCC)[CH2]CCC. The van der Waals surface area contributed by atoms with E-state index < -0.39 is 28.5 Å². The van der Waals surface area contributed by atoms with Gasteiger partial charge >= 0.3 is 185 Å². The Bertz CT molecular complexity index is 686. The molecule has 1 aromatic carbocycles. The molecule has 0 amide bonds. The van der Waals surface area contributed by atoms with E-state index in [2.05, 4.69) is 33.8 Å². The molecule has 0 bridgehead atoms. The summed E-state index contributed by atoms with van der Waals surface area (Å²) in [6, 6.07) is 6.95. The van der Waals surface area contributed by atoms with Gasteiger partial charge in [0.1, 0.15) is 0 Å². The third kappa shape index (κ3) is 8.74. The van der Waals surface area contributed by atoms with Crippen molar-refractivity contribution in [2.45, 2.75) is 97.8 Å². The maximum atomic E-state index is 12.8. The van der Waals surface area contributed by atoms with Gasteiger partial charge in [0.2, 0.25) is 0 Å². The third-order valence-electron chi connectivity index (χ3n) is 5.84. The second-order valence-electron chi connectivity index (χ2n) is 8.26. The number of hydrogen-bond donors (Lipinski definition) is 0. The molecule has 1 rings (SSSR count). The van der Waals surface area contributed by atoms with Gasteiger partial charge in [-0.2, -0.15) is 0 Å². The van der Waals surface area contributed by atoms with E-state index in [4.69, 9.17) is 4.18 Å². The molecule has 1 aromatic rings. The average Bonchev–Trinajstić information content (AvgIpc) is 2.71. The fraction of sp³-hybridized carbons (Fsp3) is 0.667. The van der Waals surface area contributed by atoms with Crippen LogP contribution in [0.1, 0.15) is 78.2 Å². The average molecular weight is 529 g/mol. The fourth-order valence-electron chi connectivity index (χ4n) is 3.99. The first kappa shape index (κ1) is 26.7. The number of rotatable bonds is 15. The van der Waals surface area contributed by atoms with Crippen LogP contribution in [0, 0.1) is 6.92 Å². The molecule has 166 valence electrons. The van der Waals surface area contributed by atoms with E-state index in [1.165, 1.54) is 55.4 Å². The molecule has 0 fully saturated rings. The molecule has 0 saturated heterocycles. The molecule has 0 aliphatic rings. The van der Waals surface area contributed by atoms with Crippen LogP contribution < -0.4 is 0 Å². The first-order valence-electron chi connectivity index (χ1n) is 11.5. The molecule has 29 heavy (non-hydrogen) atoms. The summed E-state index contributed by atoms with van der Waals surface area (Å²) in [6.07, 6.45) is 10.7. The predicted octanol–water partition coefficient (Wildman–Crippen LogP) is 7.43. The van der Waals surface area contributed by atoms with E-state index in [0.717, 1.165) is 12.0 Å². The molecule has 3 nitrogen and oxygen atoms in total. The van der Waals surface area contributed by atoms with Crippen LogP contribution in [0.3, 0.4) is 0 Å². The summed E-state index contributed by atoms with van der Waals surface area (Å²) in [6.45, 7) is 11.2. The number of unbranched alkanes of at least 4 members (excludes halogenated alkanes) is 3. The van der Waals surface area contributed by atoms with Crippen molar-refractivity contribution in [1.29, 1.82) is 0 Å². The predicted molar refractivity (Wildman–Crippen MR) is 128 cm³/mol. The van der Waals surface area contributed by atoms with Crippen LogP contribution in [-0.2, 0) is 14.3 Å². The zero-order valence-corrected chi connectivity index (χ0v) is 23.0. The van der Waals surface area contributed by atoms with Crippen LogP contribution in [0.4, 0.5) is 0 Å². The van der Waals surface area contributed by atoms with E-state index in [1.807, 2.05) is 19.1 Å². The van der Waals surface area contributed by atoms with Gasteiger partial charge < -0.3 is 0 Å². The van der Waals surface area contributed by atoms with Crippen LogP contribution in [0.25, 0.3) is 0 Å². The Balaban J connectivity index is 3.14. The van der Waals surface area contributed by atoms with Gasteiger partial charge in [0, 0.05) is 0 Å². The Labute approximate surface area is 184 Å². The summed E-state index contributed by atoms with van der Waals surface area (Å²) in [5.74, 6) is 0. The van der Waals surface area contributed by atoms with Crippen molar-refractivity contribution >= 4 is 28.5 Å². The van der Waals surface area contributed by atoms with E-state index in [-0.39, 0.29) is 11.5 Å². The van der Waals surface area contributed by atoms with E-state index in [1.54, 1.807) is 12.1 Å². The molecule has 0 unspecified atom stereocenters. The molecule has 0 saturated carbocycles. The molecule has 0 aromatic heterocycles. The van der Waals surface area contributed by atoms with Gasteiger partial charge in [-0.25, -0.2) is 0 Å². The molecule has 0 aliphatic heterocycles. The van der Waals surface area contributed by atoms with Crippen LogP contribution in [-0.4, -0.2) is 33.4 Å². The van der Waals surface area contributed by atoms with E-state index >= 15 is 0 Å². The molecular formula is C24H42O3SSn. The van der Waals surface area contributed by atoms with Gasteiger partial charge in [0.05, 0.1) is 0 Å².